The molecule has 0 radical (unpaired) electrons. The molecule has 0 aliphatic carbocycles. The van der Waals surface area contributed by atoms with Gasteiger partial charge in [-0.15, -0.1) is 0 Å². The van der Waals surface area contributed by atoms with Gasteiger partial charge in [-0.25, -0.2) is 4.98 Å². The summed E-state index contributed by atoms with van der Waals surface area (Å²) in [6, 6.07) is 8.12. The summed E-state index contributed by atoms with van der Waals surface area (Å²) in [6.07, 6.45) is 1.74. The van der Waals surface area contributed by atoms with Crippen LogP contribution in [0.1, 0.15) is 23.2 Å². The summed E-state index contributed by atoms with van der Waals surface area (Å²) in [5, 5.41) is 3.36. The second-order valence-electron chi connectivity index (χ2n) is 6.92. The van der Waals surface area contributed by atoms with E-state index in [0.717, 1.165) is 22.5 Å². The number of carbonyl (C=O) groups is 1. The second kappa shape index (κ2) is 8.39. The van der Waals surface area contributed by atoms with E-state index in [1.807, 2.05) is 43.5 Å². The molecule has 7 nitrogen and oxygen atoms in total. The van der Waals surface area contributed by atoms with Crippen LogP contribution in [0.25, 0.3) is 16.7 Å². The third kappa shape index (κ3) is 3.84. The molecule has 0 spiro atoms. The maximum absolute atomic E-state index is 13.0. The normalized spacial score (nSPS) is 11.1. The van der Waals surface area contributed by atoms with Crippen LogP contribution in [0, 0.1) is 20.8 Å². The summed E-state index contributed by atoms with van der Waals surface area (Å²) in [6.45, 7) is 7.18. The Morgan fingerprint density at radius 1 is 1.25 bits per heavy atom. The van der Waals surface area contributed by atoms with Gasteiger partial charge < -0.3 is 10.1 Å². The van der Waals surface area contributed by atoms with Crippen LogP contribution in [0.2, 0.25) is 0 Å². The minimum atomic E-state index is -0.123. The monoisotopic (exact) mass is 382 g/mol. The fourth-order valence-corrected chi connectivity index (χ4v) is 3.33. The summed E-state index contributed by atoms with van der Waals surface area (Å²) >= 11 is 0. The third-order valence-electron chi connectivity index (χ3n) is 4.95. The number of carbonyl (C=O) groups excluding carboxylic acids is 1. The lowest BCUT2D eigenvalue weighted by Crippen LogP contribution is -2.29. The van der Waals surface area contributed by atoms with Gasteiger partial charge in [0.15, 0.2) is 5.65 Å². The minimum absolute atomic E-state index is 0.116. The largest absolute Gasteiger partial charge is 0.383 e. The van der Waals surface area contributed by atoms with Crippen LogP contribution < -0.4 is 10.9 Å². The van der Waals surface area contributed by atoms with Crippen LogP contribution in [-0.2, 0) is 16.1 Å². The first-order valence-corrected chi connectivity index (χ1v) is 9.33. The quantitative estimate of drug-likeness (QED) is 0.636. The van der Waals surface area contributed by atoms with E-state index in [9.17, 15) is 9.59 Å². The van der Waals surface area contributed by atoms with Crippen LogP contribution in [-0.4, -0.2) is 40.3 Å². The van der Waals surface area contributed by atoms with Crippen LogP contribution in [0.5, 0.6) is 0 Å². The van der Waals surface area contributed by atoms with Crippen molar-refractivity contribution in [1.82, 2.24) is 19.4 Å². The molecule has 7 heteroatoms. The number of hydrogen-bond acceptors (Lipinski definition) is 4. The zero-order valence-electron chi connectivity index (χ0n) is 16.8. The molecular formula is C21H26N4O3. The van der Waals surface area contributed by atoms with Gasteiger partial charge in [-0.3, -0.25) is 18.7 Å². The van der Waals surface area contributed by atoms with Crippen LogP contribution in [0.15, 0.2) is 35.4 Å². The van der Waals surface area contributed by atoms with Gasteiger partial charge in [0.25, 0.3) is 5.56 Å². The van der Waals surface area contributed by atoms with Crippen LogP contribution >= 0.6 is 0 Å². The summed E-state index contributed by atoms with van der Waals surface area (Å²) in [5.41, 5.74) is 4.54. The van der Waals surface area contributed by atoms with Gasteiger partial charge >= 0.3 is 0 Å². The number of benzene rings is 1. The highest BCUT2D eigenvalue weighted by molar-refractivity contribution is 5.83. The summed E-state index contributed by atoms with van der Waals surface area (Å²) in [4.78, 5) is 29.5. The van der Waals surface area contributed by atoms with Gasteiger partial charge in [0.05, 0.1) is 18.3 Å². The van der Waals surface area contributed by atoms with Crippen LogP contribution in [0.4, 0.5) is 0 Å². The Morgan fingerprint density at radius 2 is 2.04 bits per heavy atom. The van der Waals surface area contributed by atoms with Gasteiger partial charge in [-0.2, -0.15) is 0 Å². The Morgan fingerprint density at radius 3 is 2.75 bits per heavy atom. The molecule has 1 amide bonds. The number of nitrogens with one attached hydrogen (secondary N) is 1. The lowest BCUT2D eigenvalue weighted by Gasteiger charge is -2.09. The Labute approximate surface area is 164 Å². The average molecular weight is 382 g/mol. The number of ether oxygens (including phenoxy) is 1. The predicted molar refractivity (Wildman–Crippen MR) is 109 cm³/mol. The molecular weight excluding hydrogens is 356 g/mol. The third-order valence-corrected chi connectivity index (χ3v) is 4.95. The first-order chi connectivity index (χ1) is 13.4. The van der Waals surface area contributed by atoms with Crippen LogP contribution in [0.3, 0.4) is 0 Å². The lowest BCUT2D eigenvalue weighted by molar-refractivity contribution is -0.121. The molecule has 2 heterocycles. The van der Waals surface area contributed by atoms with Crippen molar-refractivity contribution in [2.24, 2.45) is 0 Å². The van der Waals surface area contributed by atoms with Gasteiger partial charge in [0, 0.05) is 38.0 Å². The number of aryl methyl sites for hydroxylation is 3. The molecule has 0 unspecified atom stereocenters. The Hall–Kier alpha value is -2.93. The molecule has 0 bridgehead atoms. The van der Waals surface area contributed by atoms with E-state index in [1.54, 1.807) is 7.11 Å². The molecule has 28 heavy (non-hydrogen) atoms. The number of fused-ring (bicyclic) bond motifs is 1. The van der Waals surface area contributed by atoms with E-state index in [1.165, 1.54) is 10.9 Å². The Kier molecular flexibility index (Phi) is 5.94. The highest BCUT2D eigenvalue weighted by atomic mass is 16.5. The van der Waals surface area contributed by atoms with E-state index >= 15 is 0 Å². The molecule has 3 rings (SSSR count). The molecule has 0 saturated heterocycles. The number of rotatable bonds is 7. The van der Waals surface area contributed by atoms with Crippen molar-refractivity contribution < 1.29 is 9.53 Å². The Bertz CT molecular complexity index is 1070. The molecule has 148 valence electrons. The summed E-state index contributed by atoms with van der Waals surface area (Å²) < 4.78 is 8.43. The summed E-state index contributed by atoms with van der Waals surface area (Å²) in [5.74, 6) is -0.116. The molecule has 0 atom stereocenters. The highest BCUT2D eigenvalue weighted by Gasteiger charge is 2.18. The number of amides is 1. The standard InChI is InChI=1S/C21H26N4O3/c1-14-6-5-7-17(12-14)25-16(3)15(2)19-20(25)23-13-24(21(19)27)10-8-18(26)22-9-11-28-4/h5-7,12-13H,8-11H2,1-4H3,(H,22,26). The number of nitrogens with zero attached hydrogens (tertiary/aromatic N) is 3. The molecule has 0 aliphatic heterocycles. The van der Waals surface area contributed by atoms with E-state index in [4.69, 9.17) is 4.74 Å². The summed E-state index contributed by atoms with van der Waals surface area (Å²) in [7, 11) is 1.58. The van der Waals surface area contributed by atoms with Crippen molar-refractivity contribution in [2.75, 3.05) is 20.3 Å². The fourth-order valence-electron chi connectivity index (χ4n) is 3.33. The molecule has 0 aliphatic rings. The van der Waals surface area contributed by atoms with E-state index in [0.29, 0.717) is 24.2 Å². The van der Waals surface area contributed by atoms with Crippen molar-refractivity contribution in [1.29, 1.82) is 0 Å². The zero-order chi connectivity index (χ0) is 20.3. The number of methoxy groups -OCH3 is 1. The van der Waals surface area contributed by atoms with E-state index in [2.05, 4.69) is 16.4 Å². The molecule has 3 aromatic rings. The first kappa shape index (κ1) is 19.8. The number of aromatic nitrogens is 3. The molecule has 1 aromatic carbocycles. The van der Waals surface area contributed by atoms with Gasteiger partial charge in [0.2, 0.25) is 5.91 Å². The lowest BCUT2D eigenvalue weighted by atomic mass is 10.2. The molecule has 0 saturated carbocycles. The van der Waals surface area contributed by atoms with E-state index in [-0.39, 0.29) is 24.4 Å². The molecule has 0 fully saturated rings. The minimum Gasteiger partial charge on any atom is -0.383 e. The van der Waals surface area contributed by atoms with Crippen molar-refractivity contribution in [2.45, 2.75) is 33.7 Å². The maximum Gasteiger partial charge on any atom is 0.263 e. The van der Waals surface area contributed by atoms with Gasteiger partial charge in [0.1, 0.15) is 0 Å². The SMILES string of the molecule is COCCNC(=O)CCn1cnc2c(c(C)c(C)n2-c2cccc(C)c2)c1=O. The molecule has 2 aromatic heterocycles. The maximum atomic E-state index is 13.0. The highest BCUT2D eigenvalue weighted by Crippen LogP contribution is 2.25. The molecule has 1 N–H and O–H groups in total. The van der Waals surface area contributed by atoms with Gasteiger partial charge in [-0.1, -0.05) is 12.1 Å². The van der Waals surface area contributed by atoms with Crippen molar-refractivity contribution in [3.8, 4) is 5.69 Å². The van der Waals surface area contributed by atoms with Crippen molar-refractivity contribution >= 4 is 16.9 Å². The zero-order valence-corrected chi connectivity index (χ0v) is 16.8. The number of hydrogen-bond donors (Lipinski definition) is 1. The smallest absolute Gasteiger partial charge is 0.263 e. The van der Waals surface area contributed by atoms with E-state index < -0.39 is 0 Å². The predicted octanol–water partition coefficient (Wildman–Crippen LogP) is 2.27. The first-order valence-electron chi connectivity index (χ1n) is 9.33. The van der Waals surface area contributed by atoms with Crippen molar-refractivity contribution in [3.63, 3.8) is 0 Å². The van der Waals surface area contributed by atoms with Crippen molar-refractivity contribution in [3.05, 3.63) is 57.8 Å². The van der Waals surface area contributed by atoms with Gasteiger partial charge in [-0.05, 0) is 44.0 Å². The second-order valence-corrected chi connectivity index (χ2v) is 6.92. The fraction of sp³-hybridized carbons (Fsp3) is 0.381. The Balaban J connectivity index is 1.93. The topological polar surface area (TPSA) is 78.2 Å². The average Bonchev–Trinajstić information content (AvgIpc) is 2.92.